The van der Waals surface area contributed by atoms with Crippen molar-refractivity contribution in [3.8, 4) is 5.75 Å². The van der Waals surface area contributed by atoms with Crippen molar-refractivity contribution in [2.45, 2.75) is 32.7 Å². The first kappa shape index (κ1) is 23.5. The number of nitrogens with zero attached hydrogens (tertiary/aromatic N) is 2. The van der Waals surface area contributed by atoms with Crippen molar-refractivity contribution in [1.29, 1.82) is 0 Å². The molecule has 3 rings (SSSR count). The van der Waals surface area contributed by atoms with Crippen LogP contribution in [0.15, 0.2) is 48.0 Å². The molecule has 6 heteroatoms. The Morgan fingerprint density at radius 2 is 1.81 bits per heavy atom. The van der Waals surface area contributed by atoms with Gasteiger partial charge in [-0.2, -0.15) is 0 Å². The lowest BCUT2D eigenvalue weighted by molar-refractivity contribution is -0.139. The first-order valence-corrected chi connectivity index (χ1v) is 11.0. The number of aliphatic hydroxyl groups is 1. The fraction of sp³-hybridized carbons (Fsp3) is 0.385. The Hall–Kier alpha value is -3.12. The van der Waals surface area contributed by atoms with Crippen LogP contribution in [0, 0.1) is 6.92 Å². The highest BCUT2D eigenvalue weighted by molar-refractivity contribution is 6.46. The molecule has 1 saturated heterocycles. The quantitative estimate of drug-likeness (QED) is 0.386. The normalized spacial score (nSPS) is 17.9. The van der Waals surface area contributed by atoms with E-state index in [-0.39, 0.29) is 11.3 Å². The fourth-order valence-electron chi connectivity index (χ4n) is 4.12. The van der Waals surface area contributed by atoms with E-state index in [4.69, 9.17) is 4.74 Å². The standard InChI is InChI=1S/C26H32N2O4/c1-6-18-8-10-19(11-9-18)23-22(24(29)21-13-12-20(32-5)16-17(21)2)25(30)26(31)28(23)15-7-14-27(3)4/h8-13,16,23,29H,6-7,14-15H2,1-5H3/t23-/m0/s1. The van der Waals surface area contributed by atoms with Gasteiger partial charge in [0.1, 0.15) is 11.5 Å². The van der Waals surface area contributed by atoms with Gasteiger partial charge in [0.15, 0.2) is 0 Å². The van der Waals surface area contributed by atoms with Crippen molar-refractivity contribution in [2.24, 2.45) is 0 Å². The van der Waals surface area contributed by atoms with E-state index < -0.39 is 17.7 Å². The van der Waals surface area contributed by atoms with E-state index >= 15 is 0 Å². The number of rotatable bonds is 8. The van der Waals surface area contributed by atoms with E-state index in [1.807, 2.05) is 50.2 Å². The summed E-state index contributed by atoms with van der Waals surface area (Å²) in [7, 11) is 5.52. The first-order chi connectivity index (χ1) is 15.3. The highest BCUT2D eigenvalue weighted by Gasteiger charge is 2.45. The first-order valence-electron chi connectivity index (χ1n) is 11.0. The second-order valence-corrected chi connectivity index (χ2v) is 8.43. The zero-order chi connectivity index (χ0) is 23.4. The number of methoxy groups -OCH3 is 1. The Kier molecular flexibility index (Phi) is 7.36. The molecule has 0 spiro atoms. The summed E-state index contributed by atoms with van der Waals surface area (Å²) >= 11 is 0. The van der Waals surface area contributed by atoms with Crippen LogP contribution in [-0.2, 0) is 16.0 Å². The molecule has 0 radical (unpaired) electrons. The van der Waals surface area contributed by atoms with Gasteiger partial charge in [-0.05, 0) is 75.3 Å². The van der Waals surface area contributed by atoms with Gasteiger partial charge < -0.3 is 19.6 Å². The Morgan fingerprint density at radius 1 is 1.12 bits per heavy atom. The summed E-state index contributed by atoms with van der Waals surface area (Å²) in [5.74, 6) is -0.703. The molecule has 1 fully saturated rings. The highest BCUT2D eigenvalue weighted by atomic mass is 16.5. The largest absolute Gasteiger partial charge is 0.507 e. The lowest BCUT2D eigenvalue weighted by Crippen LogP contribution is -2.32. The van der Waals surface area contributed by atoms with Crippen molar-refractivity contribution in [3.63, 3.8) is 0 Å². The summed E-state index contributed by atoms with van der Waals surface area (Å²) in [4.78, 5) is 29.8. The molecule has 0 aliphatic carbocycles. The minimum absolute atomic E-state index is 0.136. The van der Waals surface area contributed by atoms with Crippen LogP contribution >= 0.6 is 0 Å². The van der Waals surface area contributed by atoms with E-state index in [9.17, 15) is 14.7 Å². The summed E-state index contributed by atoms with van der Waals surface area (Å²) in [5, 5.41) is 11.2. The lowest BCUT2D eigenvalue weighted by Gasteiger charge is -2.26. The van der Waals surface area contributed by atoms with Gasteiger partial charge in [-0.15, -0.1) is 0 Å². The summed E-state index contributed by atoms with van der Waals surface area (Å²) in [6.07, 6.45) is 1.62. The van der Waals surface area contributed by atoms with Gasteiger partial charge in [-0.1, -0.05) is 31.2 Å². The predicted molar refractivity (Wildman–Crippen MR) is 126 cm³/mol. The lowest BCUT2D eigenvalue weighted by atomic mass is 9.93. The van der Waals surface area contributed by atoms with Crippen LogP contribution in [-0.4, -0.2) is 60.9 Å². The molecule has 1 heterocycles. The average Bonchev–Trinajstić information content (AvgIpc) is 3.03. The average molecular weight is 437 g/mol. The van der Waals surface area contributed by atoms with Crippen molar-refractivity contribution >= 4 is 17.4 Å². The molecule has 0 bridgehead atoms. The number of carbonyl (C=O) groups is 2. The molecule has 1 amide bonds. The summed E-state index contributed by atoms with van der Waals surface area (Å²) in [6, 6.07) is 12.5. The molecule has 1 aliphatic heterocycles. The maximum Gasteiger partial charge on any atom is 0.295 e. The predicted octanol–water partition coefficient (Wildman–Crippen LogP) is 3.94. The molecule has 0 unspecified atom stereocenters. The van der Waals surface area contributed by atoms with Gasteiger partial charge in [0.25, 0.3) is 11.7 Å². The van der Waals surface area contributed by atoms with Crippen LogP contribution in [0.1, 0.15) is 41.6 Å². The Balaban J connectivity index is 2.11. The molecule has 0 aromatic heterocycles. The zero-order valence-electron chi connectivity index (χ0n) is 19.5. The second-order valence-electron chi connectivity index (χ2n) is 8.43. The van der Waals surface area contributed by atoms with Crippen LogP contribution < -0.4 is 4.74 Å². The smallest absolute Gasteiger partial charge is 0.295 e. The zero-order valence-corrected chi connectivity index (χ0v) is 19.5. The Bertz CT molecular complexity index is 1020. The summed E-state index contributed by atoms with van der Waals surface area (Å²) in [5.41, 5.74) is 3.41. The highest BCUT2D eigenvalue weighted by Crippen LogP contribution is 2.40. The minimum atomic E-state index is -0.646. The van der Waals surface area contributed by atoms with Gasteiger partial charge >= 0.3 is 0 Å². The van der Waals surface area contributed by atoms with Crippen molar-refractivity contribution < 1.29 is 19.4 Å². The number of ether oxygens (including phenoxy) is 1. The van der Waals surface area contributed by atoms with Gasteiger partial charge in [-0.3, -0.25) is 9.59 Å². The number of Topliss-reactive ketones (excluding diaryl/α,β-unsaturated/α-hetero) is 1. The van der Waals surface area contributed by atoms with Gasteiger partial charge in [0, 0.05) is 12.1 Å². The molecule has 32 heavy (non-hydrogen) atoms. The number of carbonyl (C=O) groups excluding carboxylic acids is 2. The van der Waals surface area contributed by atoms with E-state index in [1.165, 1.54) is 5.56 Å². The molecular weight excluding hydrogens is 404 g/mol. The SMILES string of the molecule is CCc1ccc([C@H]2C(=C(O)c3ccc(OC)cc3C)C(=O)C(=O)N2CCCN(C)C)cc1. The number of hydrogen-bond donors (Lipinski definition) is 1. The third-order valence-corrected chi connectivity index (χ3v) is 5.94. The number of amides is 1. The van der Waals surface area contributed by atoms with Crippen LogP contribution in [0.25, 0.3) is 5.76 Å². The Morgan fingerprint density at radius 3 is 2.38 bits per heavy atom. The summed E-state index contributed by atoms with van der Waals surface area (Å²) < 4.78 is 5.26. The Labute approximate surface area is 190 Å². The molecule has 6 nitrogen and oxygen atoms in total. The van der Waals surface area contributed by atoms with Crippen LogP contribution in [0.5, 0.6) is 5.75 Å². The number of aliphatic hydroxyl groups excluding tert-OH is 1. The molecule has 1 N–H and O–H groups in total. The van der Waals surface area contributed by atoms with Crippen LogP contribution in [0.3, 0.4) is 0 Å². The monoisotopic (exact) mass is 436 g/mol. The van der Waals surface area contributed by atoms with Gasteiger partial charge in [0.05, 0.1) is 18.7 Å². The maximum atomic E-state index is 13.1. The topological polar surface area (TPSA) is 70.1 Å². The number of ketones is 1. The molecule has 1 aliphatic rings. The molecule has 170 valence electrons. The number of aryl methyl sites for hydroxylation is 2. The molecule has 2 aromatic rings. The van der Waals surface area contributed by atoms with E-state index in [0.717, 1.165) is 30.5 Å². The van der Waals surface area contributed by atoms with Crippen molar-refractivity contribution in [2.75, 3.05) is 34.3 Å². The van der Waals surface area contributed by atoms with Crippen LogP contribution in [0.2, 0.25) is 0 Å². The second kappa shape index (κ2) is 10.0. The minimum Gasteiger partial charge on any atom is -0.507 e. The fourth-order valence-corrected chi connectivity index (χ4v) is 4.12. The summed E-state index contributed by atoms with van der Waals surface area (Å²) in [6.45, 7) is 5.15. The third-order valence-electron chi connectivity index (χ3n) is 5.94. The maximum absolute atomic E-state index is 13.1. The molecular formula is C26H32N2O4. The van der Waals surface area contributed by atoms with E-state index in [1.54, 1.807) is 30.2 Å². The van der Waals surface area contributed by atoms with Gasteiger partial charge in [-0.25, -0.2) is 0 Å². The molecule has 0 saturated carbocycles. The number of likely N-dealkylation sites (tertiary alicyclic amines) is 1. The van der Waals surface area contributed by atoms with E-state index in [2.05, 4.69) is 6.92 Å². The number of hydrogen-bond acceptors (Lipinski definition) is 5. The molecule has 2 aromatic carbocycles. The number of benzene rings is 2. The van der Waals surface area contributed by atoms with Crippen LogP contribution in [0.4, 0.5) is 0 Å². The van der Waals surface area contributed by atoms with Gasteiger partial charge in [0.2, 0.25) is 0 Å². The molecule has 1 atom stereocenters. The van der Waals surface area contributed by atoms with Crippen molar-refractivity contribution in [3.05, 3.63) is 70.3 Å². The van der Waals surface area contributed by atoms with E-state index in [0.29, 0.717) is 17.9 Å². The third kappa shape index (κ3) is 4.70. The van der Waals surface area contributed by atoms with Crippen molar-refractivity contribution in [1.82, 2.24) is 9.80 Å².